The Morgan fingerprint density at radius 3 is 1.80 bits per heavy atom. The van der Waals surface area contributed by atoms with Crippen LogP contribution in [-0.2, 0) is 10.0 Å². The second-order valence-electron chi connectivity index (χ2n) is 4.80. The molecule has 0 N–H and O–H groups in total. The Morgan fingerprint density at radius 2 is 1.40 bits per heavy atom. The third-order valence-electron chi connectivity index (χ3n) is 3.04. The molecule has 0 aliphatic rings. The van der Waals surface area contributed by atoms with Crippen molar-refractivity contribution in [2.45, 2.75) is 58.3 Å². The maximum absolute atomic E-state index is 12.2. The predicted octanol–water partition coefficient (Wildman–Crippen LogP) is 2.81. The minimum atomic E-state index is -3.19. The van der Waals surface area contributed by atoms with Crippen LogP contribution in [0.5, 0.6) is 0 Å². The van der Waals surface area contributed by atoms with Crippen LogP contribution in [0, 0.1) is 22.7 Å². The van der Waals surface area contributed by atoms with Crippen molar-refractivity contribution < 1.29 is 8.42 Å². The minimum absolute atomic E-state index is 0.194. The van der Waals surface area contributed by atoms with E-state index in [1.165, 1.54) is 4.31 Å². The van der Waals surface area contributed by atoms with Gasteiger partial charge in [0.15, 0.2) is 0 Å². The molecule has 0 aliphatic heterocycles. The number of sulfonamides is 1. The van der Waals surface area contributed by atoms with Crippen molar-refractivity contribution in [3.63, 3.8) is 0 Å². The molecule has 0 aromatic heterocycles. The van der Waals surface area contributed by atoms with E-state index in [0.29, 0.717) is 32.4 Å². The third-order valence-corrected chi connectivity index (χ3v) is 5.00. The average Bonchev–Trinajstić information content (AvgIpc) is 2.43. The number of hydrogen-bond acceptors (Lipinski definition) is 4. The van der Waals surface area contributed by atoms with Gasteiger partial charge in [-0.2, -0.15) is 10.5 Å². The summed E-state index contributed by atoms with van der Waals surface area (Å²) >= 11 is 0. The minimum Gasteiger partial charge on any atom is -0.212 e. The zero-order valence-electron chi connectivity index (χ0n) is 12.3. The average molecular weight is 299 g/mol. The van der Waals surface area contributed by atoms with Crippen LogP contribution in [0.25, 0.3) is 0 Å². The summed E-state index contributed by atoms with van der Waals surface area (Å²) in [7, 11) is -3.19. The van der Waals surface area contributed by atoms with E-state index in [1.807, 2.05) is 6.92 Å². The smallest absolute Gasteiger partial charge is 0.212 e. The molecule has 0 radical (unpaired) electrons. The maximum atomic E-state index is 12.2. The fraction of sp³-hybridized carbons (Fsp3) is 0.857. The second-order valence-corrected chi connectivity index (χ2v) is 6.89. The Balaban J connectivity index is 4.37. The zero-order chi connectivity index (χ0) is 15.3. The lowest BCUT2D eigenvalue weighted by molar-refractivity contribution is 0.391. The van der Waals surface area contributed by atoms with E-state index in [9.17, 15) is 8.42 Å². The Kier molecular flexibility index (Phi) is 11.0. The van der Waals surface area contributed by atoms with Crippen molar-refractivity contribution in [2.75, 3.05) is 18.8 Å². The van der Waals surface area contributed by atoms with Gasteiger partial charge in [-0.25, -0.2) is 12.7 Å². The van der Waals surface area contributed by atoms with Gasteiger partial charge in [-0.3, -0.25) is 0 Å². The lowest BCUT2D eigenvalue weighted by Crippen LogP contribution is -2.34. The molecule has 0 heterocycles. The van der Waals surface area contributed by atoms with E-state index in [0.717, 1.165) is 32.1 Å². The standard InChI is InChI=1S/C14H25N3O2S/c1-2-3-14-20(18,19)17(12-8-4-6-10-15)13-9-5-7-11-16/h2-9,12-14H2,1H3. The summed E-state index contributed by atoms with van der Waals surface area (Å²) < 4.78 is 26.0. The first-order chi connectivity index (χ1) is 9.58. The summed E-state index contributed by atoms with van der Waals surface area (Å²) in [6.45, 7) is 2.94. The van der Waals surface area contributed by atoms with Crippen LogP contribution < -0.4 is 0 Å². The van der Waals surface area contributed by atoms with E-state index in [4.69, 9.17) is 10.5 Å². The monoisotopic (exact) mass is 299 g/mol. The molecule has 0 spiro atoms. The molecule has 114 valence electrons. The van der Waals surface area contributed by atoms with Crippen LogP contribution in [-0.4, -0.2) is 31.6 Å². The zero-order valence-corrected chi connectivity index (χ0v) is 13.2. The first kappa shape index (κ1) is 18.9. The summed E-state index contributed by atoms with van der Waals surface area (Å²) in [6.07, 6.45) is 5.37. The van der Waals surface area contributed by atoms with Crippen LogP contribution in [0.1, 0.15) is 58.3 Å². The molecule has 0 aliphatic carbocycles. The van der Waals surface area contributed by atoms with Gasteiger partial charge < -0.3 is 0 Å². The van der Waals surface area contributed by atoms with E-state index in [2.05, 4.69) is 12.1 Å². The summed E-state index contributed by atoms with van der Waals surface area (Å²) in [5.74, 6) is 0.194. The lowest BCUT2D eigenvalue weighted by atomic mass is 10.2. The highest BCUT2D eigenvalue weighted by atomic mass is 32.2. The first-order valence-corrected chi connectivity index (χ1v) is 8.91. The van der Waals surface area contributed by atoms with Gasteiger partial charge in [-0.05, 0) is 32.1 Å². The number of rotatable bonds is 12. The number of nitrogens with zero attached hydrogens (tertiary/aromatic N) is 3. The summed E-state index contributed by atoms with van der Waals surface area (Å²) in [5.41, 5.74) is 0. The molecule has 0 aromatic carbocycles. The number of hydrogen-bond donors (Lipinski definition) is 0. The molecule has 0 saturated heterocycles. The van der Waals surface area contributed by atoms with Crippen LogP contribution in [0.4, 0.5) is 0 Å². The maximum Gasteiger partial charge on any atom is 0.214 e. The fourth-order valence-electron chi connectivity index (χ4n) is 1.83. The lowest BCUT2D eigenvalue weighted by Gasteiger charge is -2.21. The largest absolute Gasteiger partial charge is 0.214 e. The molecule has 0 amide bonds. The molecule has 0 rings (SSSR count). The predicted molar refractivity (Wildman–Crippen MR) is 79.2 cm³/mol. The van der Waals surface area contributed by atoms with Gasteiger partial charge in [0.1, 0.15) is 0 Å². The second kappa shape index (κ2) is 11.7. The molecule has 0 atom stereocenters. The van der Waals surface area contributed by atoms with Crippen LogP contribution in [0.3, 0.4) is 0 Å². The van der Waals surface area contributed by atoms with E-state index in [-0.39, 0.29) is 5.75 Å². The first-order valence-electron chi connectivity index (χ1n) is 7.30. The van der Waals surface area contributed by atoms with Crippen molar-refractivity contribution in [1.29, 1.82) is 10.5 Å². The van der Waals surface area contributed by atoms with Gasteiger partial charge in [0, 0.05) is 25.9 Å². The normalized spacial score (nSPS) is 11.2. The Bertz CT molecular complexity index is 399. The van der Waals surface area contributed by atoms with Crippen molar-refractivity contribution in [3.05, 3.63) is 0 Å². The van der Waals surface area contributed by atoms with Crippen molar-refractivity contribution in [3.8, 4) is 12.1 Å². The van der Waals surface area contributed by atoms with Crippen molar-refractivity contribution >= 4 is 10.0 Å². The van der Waals surface area contributed by atoms with Gasteiger partial charge in [0.05, 0.1) is 17.9 Å². The highest BCUT2D eigenvalue weighted by molar-refractivity contribution is 7.89. The van der Waals surface area contributed by atoms with Crippen LogP contribution in [0.2, 0.25) is 0 Å². The molecule has 20 heavy (non-hydrogen) atoms. The number of nitriles is 2. The Labute approximate surface area is 123 Å². The number of unbranched alkanes of at least 4 members (excludes halogenated alkanes) is 5. The van der Waals surface area contributed by atoms with Gasteiger partial charge in [-0.15, -0.1) is 0 Å². The van der Waals surface area contributed by atoms with E-state index in [1.54, 1.807) is 0 Å². The highest BCUT2D eigenvalue weighted by Crippen LogP contribution is 2.10. The fourth-order valence-corrected chi connectivity index (χ4v) is 3.56. The summed E-state index contributed by atoms with van der Waals surface area (Å²) in [4.78, 5) is 0. The molecule has 5 nitrogen and oxygen atoms in total. The molecular weight excluding hydrogens is 274 g/mol. The Morgan fingerprint density at radius 1 is 0.900 bits per heavy atom. The van der Waals surface area contributed by atoms with Gasteiger partial charge in [0.25, 0.3) is 0 Å². The SMILES string of the molecule is CCCCS(=O)(=O)N(CCCCC#N)CCCCC#N. The molecular formula is C14H25N3O2S. The van der Waals surface area contributed by atoms with Gasteiger partial charge in [0.2, 0.25) is 10.0 Å². The Hall–Kier alpha value is -1.11. The molecule has 0 aromatic rings. The molecule has 6 heteroatoms. The van der Waals surface area contributed by atoms with E-state index < -0.39 is 10.0 Å². The van der Waals surface area contributed by atoms with Gasteiger partial charge >= 0.3 is 0 Å². The molecule has 0 saturated carbocycles. The van der Waals surface area contributed by atoms with Gasteiger partial charge in [-0.1, -0.05) is 13.3 Å². The van der Waals surface area contributed by atoms with Crippen molar-refractivity contribution in [2.24, 2.45) is 0 Å². The summed E-state index contributed by atoms with van der Waals surface area (Å²) in [6, 6.07) is 4.14. The van der Waals surface area contributed by atoms with Crippen LogP contribution in [0.15, 0.2) is 0 Å². The third kappa shape index (κ3) is 8.90. The van der Waals surface area contributed by atoms with E-state index >= 15 is 0 Å². The molecule has 0 fully saturated rings. The summed E-state index contributed by atoms with van der Waals surface area (Å²) in [5, 5.41) is 17.0. The van der Waals surface area contributed by atoms with Crippen LogP contribution >= 0.6 is 0 Å². The topological polar surface area (TPSA) is 85.0 Å². The quantitative estimate of drug-likeness (QED) is 0.519. The van der Waals surface area contributed by atoms with Crippen molar-refractivity contribution in [1.82, 2.24) is 4.31 Å². The highest BCUT2D eigenvalue weighted by Gasteiger charge is 2.20. The molecule has 0 unspecified atom stereocenters. The molecule has 0 bridgehead atoms.